The Hall–Kier alpha value is -0.0800. The van der Waals surface area contributed by atoms with Crippen molar-refractivity contribution >= 4 is 0 Å². The van der Waals surface area contributed by atoms with Crippen LogP contribution in [-0.2, 0) is 4.74 Å². The van der Waals surface area contributed by atoms with Gasteiger partial charge in [-0.05, 0) is 45.2 Å². The van der Waals surface area contributed by atoms with Gasteiger partial charge in [0.25, 0.3) is 0 Å². The second-order valence-electron chi connectivity index (χ2n) is 5.76. The van der Waals surface area contributed by atoms with E-state index in [0.29, 0.717) is 0 Å². The predicted molar refractivity (Wildman–Crippen MR) is 79.1 cm³/mol. The summed E-state index contributed by atoms with van der Waals surface area (Å²) in [6.45, 7) is 7.62. The standard InChI is InChI=1S/C16H33NO/c1-3-5-6-7-8-9-15-18-16(11-10-12-16)13-14-17-4-2/h17H,3-15H2,1-2H3. The van der Waals surface area contributed by atoms with E-state index in [-0.39, 0.29) is 5.60 Å². The maximum Gasteiger partial charge on any atom is 0.0694 e. The Morgan fingerprint density at radius 1 is 1.00 bits per heavy atom. The fraction of sp³-hybridized carbons (Fsp3) is 1.00. The summed E-state index contributed by atoms with van der Waals surface area (Å²) in [7, 11) is 0. The van der Waals surface area contributed by atoms with E-state index in [0.717, 1.165) is 19.7 Å². The molecule has 1 N–H and O–H groups in total. The Morgan fingerprint density at radius 2 is 1.72 bits per heavy atom. The van der Waals surface area contributed by atoms with Crippen LogP contribution in [0.4, 0.5) is 0 Å². The third kappa shape index (κ3) is 6.19. The molecule has 18 heavy (non-hydrogen) atoms. The second-order valence-corrected chi connectivity index (χ2v) is 5.76. The molecule has 1 saturated carbocycles. The third-order valence-electron chi connectivity index (χ3n) is 4.18. The van der Waals surface area contributed by atoms with Crippen LogP contribution in [0.2, 0.25) is 0 Å². The first-order valence-electron chi connectivity index (χ1n) is 8.17. The van der Waals surface area contributed by atoms with Crippen molar-refractivity contribution < 1.29 is 4.74 Å². The molecule has 0 heterocycles. The maximum absolute atomic E-state index is 6.18. The van der Waals surface area contributed by atoms with Gasteiger partial charge in [0.05, 0.1) is 5.60 Å². The van der Waals surface area contributed by atoms with Gasteiger partial charge in [0.1, 0.15) is 0 Å². The lowest BCUT2D eigenvalue weighted by Gasteiger charge is -2.42. The summed E-state index contributed by atoms with van der Waals surface area (Å²) in [5.74, 6) is 0. The first kappa shape index (κ1) is 16.0. The minimum Gasteiger partial charge on any atom is -0.375 e. The minimum absolute atomic E-state index is 0.256. The first-order valence-corrected chi connectivity index (χ1v) is 8.17. The van der Waals surface area contributed by atoms with E-state index < -0.39 is 0 Å². The molecule has 1 rings (SSSR count). The molecule has 0 aromatic carbocycles. The summed E-state index contributed by atoms with van der Waals surface area (Å²) in [5, 5.41) is 3.42. The lowest BCUT2D eigenvalue weighted by Crippen LogP contribution is -2.42. The van der Waals surface area contributed by atoms with E-state index in [4.69, 9.17) is 4.74 Å². The van der Waals surface area contributed by atoms with E-state index in [1.54, 1.807) is 0 Å². The van der Waals surface area contributed by atoms with Gasteiger partial charge in [0.15, 0.2) is 0 Å². The Bertz CT molecular complexity index is 190. The molecule has 0 saturated heterocycles. The van der Waals surface area contributed by atoms with Gasteiger partial charge in [0, 0.05) is 6.61 Å². The van der Waals surface area contributed by atoms with Crippen molar-refractivity contribution in [1.29, 1.82) is 0 Å². The molecule has 0 unspecified atom stereocenters. The zero-order chi connectivity index (χ0) is 13.1. The van der Waals surface area contributed by atoms with Gasteiger partial charge in [-0.3, -0.25) is 0 Å². The number of ether oxygens (including phenoxy) is 1. The van der Waals surface area contributed by atoms with E-state index >= 15 is 0 Å². The number of hydrogen-bond donors (Lipinski definition) is 1. The van der Waals surface area contributed by atoms with Gasteiger partial charge in [-0.1, -0.05) is 46.0 Å². The molecule has 0 atom stereocenters. The highest BCUT2D eigenvalue weighted by molar-refractivity contribution is 4.90. The van der Waals surface area contributed by atoms with Crippen LogP contribution in [0.15, 0.2) is 0 Å². The van der Waals surface area contributed by atoms with Gasteiger partial charge in [-0.25, -0.2) is 0 Å². The van der Waals surface area contributed by atoms with Gasteiger partial charge < -0.3 is 10.1 Å². The van der Waals surface area contributed by atoms with Gasteiger partial charge in [0.2, 0.25) is 0 Å². The SMILES string of the molecule is CCCCCCCCOC1(CCNCC)CCC1. The van der Waals surface area contributed by atoms with Crippen molar-refractivity contribution in [3.8, 4) is 0 Å². The number of hydrogen-bond acceptors (Lipinski definition) is 2. The van der Waals surface area contributed by atoms with Crippen LogP contribution >= 0.6 is 0 Å². The zero-order valence-corrected chi connectivity index (χ0v) is 12.6. The summed E-state index contributed by atoms with van der Waals surface area (Å²) in [5.41, 5.74) is 0.256. The molecule has 0 amide bonds. The minimum atomic E-state index is 0.256. The van der Waals surface area contributed by atoms with Crippen molar-refractivity contribution in [3.63, 3.8) is 0 Å². The van der Waals surface area contributed by atoms with Crippen molar-refractivity contribution in [2.24, 2.45) is 0 Å². The molecule has 0 aromatic rings. The predicted octanol–water partition coefficient (Wildman–Crippen LogP) is 4.29. The van der Waals surface area contributed by atoms with Crippen molar-refractivity contribution in [3.05, 3.63) is 0 Å². The summed E-state index contributed by atoms with van der Waals surface area (Å²) in [4.78, 5) is 0. The fourth-order valence-electron chi connectivity index (χ4n) is 2.70. The van der Waals surface area contributed by atoms with Crippen LogP contribution in [0.1, 0.15) is 78.1 Å². The summed E-state index contributed by atoms with van der Waals surface area (Å²) in [6.07, 6.45) is 13.3. The summed E-state index contributed by atoms with van der Waals surface area (Å²) >= 11 is 0. The van der Waals surface area contributed by atoms with Crippen molar-refractivity contribution in [2.45, 2.75) is 83.7 Å². The molecule has 2 heteroatoms. The van der Waals surface area contributed by atoms with Crippen LogP contribution in [0, 0.1) is 0 Å². The molecule has 2 nitrogen and oxygen atoms in total. The summed E-state index contributed by atoms with van der Waals surface area (Å²) in [6, 6.07) is 0. The van der Waals surface area contributed by atoms with Gasteiger partial charge in [-0.15, -0.1) is 0 Å². The second kappa shape index (κ2) is 9.80. The average Bonchev–Trinajstić information content (AvgIpc) is 2.34. The molecular formula is C16H33NO. The average molecular weight is 255 g/mol. The lowest BCUT2D eigenvalue weighted by atomic mass is 9.77. The largest absolute Gasteiger partial charge is 0.375 e. The molecule has 1 aliphatic rings. The van der Waals surface area contributed by atoms with Crippen LogP contribution in [0.5, 0.6) is 0 Å². The third-order valence-corrected chi connectivity index (χ3v) is 4.18. The van der Waals surface area contributed by atoms with Crippen LogP contribution < -0.4 is 5.32 Å². The van der Waals surface area contributed by atoms with Crippen LogP contribution in [0.3, 0.4) is 0 Å². The maximum atomic E-state index is 6.18. The Labute approximate surface area is 114 Å². The number of rotatable bonds is 12. The van der Waals surface area contributed by atoms with Gasteiger partial charge >= 0.3 is 0 Å². The lowest BCUT2D eigenvalue weighted by molar-refractivity contribution is -0.105. The number of unbranched alkanes of at least 4 members (excludes halogenated alkanes) is 5. The van der Waals surface area contributed by atoms with Crippen LogP contribution in [0.25, 0.3) is 0 Å². The topological polar surface area (TPSA) is 21.3 Å². The highest BCUT2D eigenvalue weighted by Gasteiger charge is 2.37. The Balaban J connectivity index is 1.98. The first-order chi connectivity index (χ1) is 8.83. The molecule has 1 aliphatic carbocycles. The molecule has 1 fully saturated rings. The van der Waals surface area contributed by atoms with E-state index in [1.165, 1.54) is 64.2 Å². The Morgan fingerprint density at radius 3 is 2.33 bits per heavy atom. The molecule has 0 radical (unpaired) electrons. The van der Waals surface area contributed by atoms with Crippen LogP contribution in [-0.4, -0.2) is 25.3 Å². The highest BCUT2D eigenvalue weighted by atomic mass is 16.5. The smallest absolute Gasteiger partial charge is 0.0694 e. The molecular weight excluding hydrogens is 222 g/mol. The van der Waals surface area contributed by atoms with E-state index in [9.17, 15) is 0 Å². The summed E-state index contributed by atoms with van der Waals surface area (Å²) < 4.78 is 6.18. The molecule has 0 bridgehead atoms. The molecule has 0 aliphatic heterocycles. The molecule has 0 spiro atoms. The zero-order valence-electron chi connectivity index (χ0n) is 12.6. The normalized spacial score (nSPS) is 17.7. The molecule has 0 aromatic heterocycles. The number of nitrogens with one attached hydrogen (secondary N) is 1. The Kier molecular flexibility index (Phi) is 8.70. The van der Waals surface area contributed by atoms with E-state index in [1.807, 2.05) is 0 Å². The molecule has 108 valence electrons. The quantitative estimate of drug-likeness (QED) is 0.525. The van der Waals surface area contributed by atoms with Gasteiger partial charge in [-0.2, -0.15) is 0 Å². The van der Waals surface area contributed by atoms with Crippen molar-refractivity contribution in [1.82, 2.24) is 5.32 Å². The fourth-order valence-corrected chi connectivity index (χ4v) is 2.70. The highest BCUT2D eigenvalue weighted by Crippen LogP contribution is 2.38. The van der Waals surface area contributed by atoms with Crippen molar-refractivity contribution in [2.75, 3.05) is 19.7 Å². The van der Waals surface area contributed by atoms with E-state index in [2.05, 4.69) is 19.2 Å². The monoisotopic (exact) mass is 255 g/mol.